The Morgan fingerprint density at radius 1 is 1.46 bits per heavy atom. The summed E-state index contributed by atoms with van der Waals surface area (Å²) in [6.07, 6.45) is 5.52. The minimum absolute atomic E-state index is 0.479. The molecule has 3 atom stereocenters. The van der Waals surface area contributed by atoms with Crippen molar-refractivity contribution < 1.29 is 4.74 Å². The van der Waals surface area contributed by atoms with E-state index in [1.807, 2.05) is 0 Å². The van der Waals surface area contributed by atoms with Crippen LogP contribution in [0.25, 0.3) is 0 Å². The minimum Gasteiger partial charge on any atom is -0.377 e. The minimum atomic E-state index is 0.479. The predicted octanol–water partition coefficient (Wildman–Crippen LogP) is 3.01. The monoisotopic (exact) mass is 180 g/mol. The van der Waals surface area contributed by atoms with Gasteiger partial charge in [0, 0.05) is 5.92 Å². The van der Waals surface area contributed by atoms with Gasteiger partial charge in [0.05, 0.1) is 12.7 Å². The first-order chi connectivity index (χ1) is 6.18. The predicted molar refractivity (Wildman–Crippen MR) is 54.5 cm³/mol. The molecule has 2 rings (SSSR count). The highest BCUT2D eigenvalue weighted by molar-refractivity contribution is 5.12. The molecule has 0 spiro atoms. The van der Waals surface area contributed by atoms with Crippen LogP contribution in [0.4, 0.5) is 0 Å². The lowest BCUT2D eigenvalue weighted by atomic mass is 9.74. The number of rotatable bonds is 1. The summed E-state index contributed by atoms with van der Waals surface area (Å²) < 4.78 is 5.94. The van der Waals surface area contributed by atoms with Crippen LogP contribution in [0.15, 0.2) is 11.6 Å². The summed E-state index contributed by atoms with van der Waals surface area (Å²) >= 11 is 0. The molecule has 2 bridgehead atoms. The molecule has 0 aromatic heterocycles. The van der Waals surface area contributed by atoms with Crippen molar-refractivity contribution >= 4 is 0 Å². The van der Waals surface area contributed by atoms with E-state index < -0.39 is 0 Å². The zero-order valence-electron chi connectivity index (χ0n) is 8.92. The normalized spacial score (nSPS) is 39.1. The smallest absolute Gasteiger partial charge is 0.0663 e. The highest BCUT2D eigenvalue weighted by Crippen LogP contribution is 2.39. The SMILES string of the molecule is CC1=CC[C@H]2CO[C@@H](C(C)C)[C@@H]1C2. The Morgan fingerprint density at radius 3 is 2.92 bits per heavy atom. The lowest BCUT2D eigenvalue weighted by molar-refractivity contribution is -0.0716. The summed E-state index contributed by atoms with van der Waals surface area (Å²) in [7, 11) is 0. The first-order valence-corrected chi connectivity index (χ1v) is 5.46. The van der Waals surface area contributed by atoms with E-state index in [0.29, 0.717) is 17.9 Å². The summed E-state index contributed by atoms with van der Waals surface area (Å²) in [4.78, 5) is 0. The van der Waals surface area contributed by atoms with Crippen LogP contribution in [-0.2, 0) is 4.74 Å². The molecule has 0 aromatic rings. The van der Waals surface area contributed by atoms with Crippen molar-refractivity contribution in [2.75, 3.05) is 6.61 Å². The van der Waals surface area contributed by atoms with Gasteiger partial charge in [-0.25, -0.2) is 0 Å². The largest absolute Gasteiger partial charge is 0.377 e. The molecule has 13 heavy (non-hydrogen) atoms. The van der Waals surface area contributed by atoms with E-state index in [1.54, 1.807) is 5.57 Å². The van der Waals surface area contributed by atoms with E-state index >= 15 is 0 Å². The summed E-state index contributed by atoms with van der Waals surface area (Å²) in [6.45, 7) is 7.80. The highest BCUT2D eigenvalue weighted by atomic mass is 16.5. The molecule has 2 aliphatic rings. The van der Waals surface area contributed by atoms with E-state index in [0.717, 1.165) is 12.5 Å². The fourth-order valence-electron chi connectivity index (χ4n) is 2.69. The Morgan fingerprint density at radius 2 is 2.23 bits per heavy atom. The van der Waals surface area contributed by atoms with Crippen molar-refractivity contribution in [1.82, 2.24) is 0 Å². The average Bonchev–Trinajstić information content (AvgIpc) is 2.12. The Bertz CT molecular complexity index is 217. The van der Waals surface area contributed by atoms with Crippen LogP contribution in [0.3, 0.4) is 0 Å². The maximum absolute atomic E-state index is 5.94. The van der Waals surface area contributed by atoms with Gasteiger partial charge in [0.1, 0.15) is 0 Å². The number of fused-ring (bicyclic) bond motifs is 2. The van der Waals surface area contributed by atoms with Gasteiger partial charge in [-0.3, -0.25) is 0 Å². The standard InChI is InChI=1S/C12H20O/c1-8(2)12-11-6-10(7-13-12)5-4-9(11)3/h4,8,10-12H,5-7H2,1-3H3/t10-,11-,12+/m1/s1. The molecule has 74 valence electrons. The second-order valence-corrected chi connectivity index (χ2v) is 4.93. The van der Waals surface area contributed by atoms with E-state index in [4.69, 9.17) is 4.74 Å². The van der Waals surface area contributed by atoms with Crippen molar-refractivity contribution in [1.29, 1.82) is 0 Å². The van der Waals surface area contributed by atoms with E-state index in [1.165, 1.54) is 12.8 Å². The first-order valence-electron chi connectivity index (χ1n) is 5.46. The van der Waals surface area contributed by atoms with Crippen molar-refractivity contribution in [3.63, 3.8) is 0 Å². The van der Waals surface area contributed by atoms with E-state index in [2.05, 4.69) is 26.8 Å². The lowest BCUT2D eigenvalue weighted by Crippen LogP contribution is -2.40. The second kappa shape index (κ2) is 3.45. The molecule has 1 nitrogen and oxygen atoms in total. The molecule has 0 radical (unpaired) electrons. The zero-order valence-corrected chi connectivity index (χ0v) is 8.92. The molecule has 1 heterocycles. The van der Waals surface area contributed by atoms with Crippen molar-refractivity contribution in [3.05, 3.63) is 11.6 Å². The fourth-order valence-corrected chi connectivity index (χ4v) is 2.69. The molecule has 0 saturated carbocycles. The van der Waals surface area contributed by atoms with Gasteiger partial charge in [0.15, 0.2) is 0 Å². The third-order valence-corrected chi connectivity index (χ3v) is 3.52. The molecule has 0 unspecified atom stereocenters. The van der Waals surface area contributed by atoms with Crippen LogP contribution in [0.2, 0.25) is 0 Å². The first kappa shape index (κ1) is 9.26. The van der Waals surface area contributed by atoms with E-state index in [9.17, 15) is 0 Å². The van der Waals surface area contributed by atoms with Gasteiger partial charge in [-0.05, 0) is 31.6 Å². The molecule has 1 fully saturated rings. The molecular formula is C12H20O. The quantitative estimate of drug-likeness (QED) is 0.564. The molecule has 0 N–H and O–H groups in total. The lowest BCUT2D eigenvalue weighted by Gasteiger charge is -2.41. The molecule has 1 heteroatoms. The second-order valence-electron chi connectivity index (χ2n) is 4.93. The van der Waals surface area contributed by atoms with Crippen LogP contribution in [0.1, 0.15) is 33.6 Å². The molecule has 1 saturated heterocycles. The Hall–Kier alpha value is -0.300. The van der Waals surface area contributed by atoms with E-state index in [-0.39, 0.29) is 0 Å². The number of hydrogen-bond acceptors (Lipinski definition) is 1. The topological polar surface area (TPSA) is 9.23 Å². The van der Waals surface area contributed by atoms with Gasteiger partial charge in [-0.15, -0.1) is 0 Å². The fraction of sp³-hybridized carbons (Fsp3) is 0.833. The molecule has 1 aliphatic heterocycles. The summed E-state index contributed by atoms with van der Waals surface area (Å²) in [5, 5.41) is 0. The zero-order chi connectivity index (χ0) is 9.42. The van der Waals surface area contributed by atoms with Gasteiger partial charge in [-0.1, -0.05) is 25.5 Å². The van der Waals surface area contributed by atoms with Crippen molar-refractivity contribution in [2.45, 2.75) is 39.7 Å². The van der Waals surface area contributed by atoms with Gasteiger partial charge in [0.2, 0.25) is 0 Å². The van der Waals surface area contributed by atoms with Crippen LogP contribution in [0, 0.1) is 17.8 Å². The third-order valence-electron chi connectivity index (χ3n) is 3.52. The van der Waals surface area contributed by atoms with Crippen LogP contribution >= 0.6 is 0 Å². The van der Waals surface area contributed by atoms with Gasteiger partial charge in [0.25, 0.3) is 0 Å². The molecular weight excluding hydrogens is 160 g/mol. The summed E-state index contributed by atoms with van der Waals surface area (Å²) in [5.74, 6) is 2.18. The molecule has 1 aliphatic carbocycles. The Kier molecular flexibility index (Phi) is 2.46. The average molecular weight is 180 g/mol. The molecule has 0 aromatic carbocycles. The van der Waals surface area contributed by atoms with Crippen molar-refractivity contribution in [2.24, 2.45) is 17.8 Å². The molecule has 0 amide bonds. The van der Waals surface area contributed by atoms with Gasteiger partial charge < -0.3 is 4.74 Å². The third kappa shape index (κ3) is 1.67. The number of hydrogen-bond donors (Lipinski definition) is 0. The van der Waals surface area contributed by atoms with Crippen LogP contribution in [0.5, 0.6) is 0 Å². The summed E-state index contributed by atoms with van der Waals surface area (Å²) in [6, 6.07) is 0. The Balaban J connectivity index is 2.16. The maximum atomic E-state index is 5.94. The van der Waals surface area contributed by atoms with Gasteiger partial charge >= 0.3 is 0 Å². The van der Waals surface area contributed by atoms with Crippen LogP contribution in [-0.4, -0.2) is 12.7 Å². The summed E-state index contributed by atoms with van der Waals surface area (Å²) in [5.41, 5.74) is 1.56. The van der Waals surface area contributed by atoms with Crippen molar-refractivity contribution in [3.8, 4) is 0 Å². The number of ether oxygens (including phenoxy) is 1. The highest BCUT2D eigenvalue weighted by Gasteiger charge is 2.35. The van der Waals surface area contributed by atoms with Crippen LogP contribution < -0.4 is 0 Å². The van der Waals surface area contributed by atoms with Gasteiger partial charge in [-0.2, -0.15) is 0 Å². The Labute approximate surface area is 81.2 Å². The number of allylic oxidation sites excluding steroid dienone is 1. The maximum Gasteiger partial charge on any atom is 0.0663 e.